The molecule has 2 fully saturated rings. The van der Waals surface area contributed by atoms with Crippen LogP contribution < -0.4 is 10.6 Å². The maximum Gasteiger partial charge on any atom is 0.237 e. The highest BCUT2D eigenvalue weighted by molar-refractivity contribution is 5.81. The quantitative estimate of drug-likeness (QED) is 0.789. The van der Waals surface area contributed by atoms with E-state index < -0.39 is 0 Å². The predicted octanol–water partition coefficient (Wildman–Crippen LogP) is 2.46. The number of hydrogen-bond acceptors (Lipinski definition) is 2. The summed E-state index contributed by atoms with van der Waals surface area (Å²) >= 11 is 0. The summed E-state index contributed by atoms with van der Waals surface area (Å²) in [5, 5.41) is 6.56. The Bertz CT molecular complexity index is 295. The van der Waals surface area contributed by atoms with Crippen molar-refractivity contribution in [2.75, 3.05) is 6.54 Å². The minimum Gasteiger partial charge on any atom is -0.352 e. The summed E-state index contributed by atoms with van der Waals surface area (Å²) in [7, 11) is 0. The molecule has 2 N–H and O–H groups in total. The molecule has 0 aromatic rings. The number of rotatable bonds is 5. The number of hydrogen-bond donors (Lipinski definition) is 2. The lowest BCUT2D eigenvalue weighted by atomic mass is 9.95. The van der Waals surface area contributed by atoms with E-state index >= 15 is 0 Å². The molecule has 2 saturated carbocycles. The van der Waals surface area contributed by atoms with Gasteiger partial charge in [-0.2, -0.15) is 0 Å². The Balaban J connectivity index is 1.65. The van der Waals surface area contributed by atoms with Crippen molar-refractivity contribution in [2.45, 2.75) is 71.4 Å². The molecule has 2 aliphatic rings. The van der Waals surface area contributed by atoms with E-state index in [-0.39, 0.29) is 11.9 Å². The first kappa shape index (κ1) is 13.9. The summed E-state index contributed by atoms with van der Waals surface area (Å²) in [5.41, 5.74) is 0.493. The van der Waals surface area contributed by atoms with Crippen molar-refractivity contribution >= 4 is 5.91 Å². The Labute approximate surface area is 111 Å². The SMILES string of the molecule is CC(NCC1CC1(C)C)C(=O)NC1CCCCC1. The summed E-state index contributed by atoms with van der Waals surface area (Å²) in [5.74, 6) is 0.933. The zero-order valence-electron chi connectivity index (χ0n) is 12.1. The van der Waals surface area contributed by atoms with E-state index in [0.29, 0.717) is 11.5 Å². The van der Waals surface area contributed by atoms with Crippen LogP contribution >= 0.6 is 0 Å². The van der Waals surface area contributed by atoms with Gasteiger partial charge in [-0.15, -0.1) is 0 Å². The van der Waals surface area contributed by atoms with Crippen molar-refractivity contribution in [2.24, 2.45) is 11.3 Å². The molecule has 104 valence electrons. The first-order valence-electron chi connectivity index (χ1n) is 7.53. The number of nitrogens with one attached hydrogen (secondary N) is 2. The van der Waals surface area contributed by atoms with Crippen LogP contribution in [0.15, 0.2) is 0 Å². The molecule has 3 heteroatoms. The highest BCUT2D eigenvalue weighted by atomic mass is 16.2. The number of carbonyl (C=O) groups excluding carboxylic acids is 1. The fourth-order valence-electron chi connectivity index (χ4n) is 2.91. The molecule has 18 heavy (non-hydrogen) atoms. The van der Waals surface area contributed by atoms with Gasteiger partial charge in [0.1, 0.15) is 0 Å². The molecular formula is C15H28N2O. The van der Waals surface area contributed by atoms with Crippen molar-refractivity contribution < 1.29 is 4.79 Å². The maximum absolute atomic E-state index is 12.0. The van der Waals surface area contributed by atoms with E-state index in [1.807, 2.05) is 6.92 Å². The molecule has 2 atom stereocenters. The van der Waals surface area contributed by atoms with E-state index in [1.165, 1.54) is 25.7 Å². The maximum atomic E-state index is 12.0. The zero-order valence-corrected chi connectivity index (χ0v) is 12.1. The Morgan fingerprint density at radius 1 is 1.28 bits per heavy atom. The number of amides is 1. The van der Waals surface area contributed by atoms with E-state index in [0.717, 1.165) is 25.3 Å². The van der Waals surface area contributed by atoms with Crippen LogP contribution in [0.3, 0.4) is 0 Å². The molecule has 2 unspecified atom stereocenters. The first-order chi connectivity index (χ1) is 8.49. The summed E-state index contributed by atoms with van der Waals surface area (Å²) < 4.78 is 0. The number of carbonyl (C=O) groups is 1. The largest absolute Gasteiger partial charge is 0.352 e. The Morgan fingerprint density at radius 2 is 1.89 bits per heavy atom. The summed E-state index contributed by atoms with van der Waals surface area (Å²) in [6.07, 6.45) is 7.47. The first-order valence-corrected chi connectivity index (χ1v) is 7.53. The Kier molecular flexibility index (Phi) is 4.31. The summed E-state index contributed by atoms with van der Waals surface area (Å²) in [4.78, 5) is 12.0. The van der Waals surface area contributed by atoms with Gasteiger partial charge in [0, 0.05) is 6.04 Å². The van der Waals surface area contributed by atoms with Crippen LogP contribution in [0.25, 0.3) is 0 Å². The molecular weight excluding hydrogens is 224 g/mol. The smallest absolute Gasteiger partial charge is 0.237 e. The van der Waals surface area contributed by atoms with Gasteiger partial charge in [0.15, 0.2) is 0 Å². The van der Waals surface area contributed by atoms with E-state index in [4.69, 9.17) is 0 Å². The fraction of sp³-hybridized carbons (Fsp3) is 0.933. The van der Waals surface area contributed by atoms with Gasteiger partial charge in [0.25, 0.3) is 0 Å². The van der Waals surface area contributed by atoms with Crippen molar-refractivity contribution in [3.63, 3.8) is 0 Å². The normalized spacial score (nSPS) is 28.7. The average Bonchev–Trinajstić information content (AvgIpc) is 2.95. The molecule has 0 aromatic heterocycles. The van der Waals surface area contributed by atoms with Crippen molar-refractivity contribution in [3.8, 4) is 0 Å². The van der Waals surface area contributed by atoms with E-state index in [9.17, 15) is 4.79 Å². The average molecular weight is 252 g/mol. The minimum atomic E-state index is -0.0525. The van der Waals surface area contributed by atoms with Crippen LogP contribution in [0, 0.1) is 11.3 Å². The van der Waals surface area contributed by atoms with Crippen LogP contribution in [0.1, 0.15) is 59.3 Å². The molecule has 2 aliphatic carbocycles. The van der Waals surface area contributed by atoms with E-state index in [2.05, 4.69) is 24.5 Å². The van der Waals surface area contributed by atoms with Crippen LogP contribution in [-0.2, 0) is 4.79 Å². The Hall–Kier alpha value is -0.570. The monoisotopic (exact) mass is 252 g/mol. The predicted molar refractivity (Wildman–Crippen MR) is 74.4 cm³/mol. The third-order valence-electron chi connectivity index (χ3n) is 4.73. The van der Waals surface area contributed by atoms with Crippen molar-refractivity contribution in [1.82, 2.24) is 10.6 Å². The minimum absolute atomic E-state index is 0.0525. The van der Waals surface area contributed by atoms with Gasteiger partial charge in [-0.25, -0.2) is 0 Å². The molecule has 0 bridgehead atoms. The molecule has 0 radical (unpaired) electrons. The lowest BCUT2D eigenvalue weighted by Crippen LogP contribution is -2.47. The van der Waals surface area contributed by atoms with Gasteiger partial charge in [-0.05, 0) is 44.1 Å². The molecule has 2 rings (SSSR count). The second-order valence-electron chi connectivity index (χ2n) is 6.86. The van der Waals surface area contributed by atoms with Gasteiger partial charge in [0.2, 0.25) is 5.91 Å². The summed E-state index contributed by atoms with van der Waals surface area (Å²) in [6, 6.07) is 0.371. The Morgan fingerprint density at radius 3 is 2.44 bits per heavy atom. The molecule has 0 aromatic carbocycles. The fourth-order valence-corrected chi connectivity index (χ4v) is 2.91. The lowest BCUT2D eigenvalue weighted by Gasteiger charge is -2.24. The third-order valence-corrected chi connectivity index (χ3v) is 4.73. The molecule has 3 nitrogen and oxygen atoms in total. The molecule has 1 amide bonds. The van der Waals surface area contributed by atoms with Gasteiger partial charge in [0.05, 0.1) is 6.04 Å². The van der Waals surface area contributed by atoms with Gasteiger partial charge in [-0.1, -0.05) is 33.1 Å². The summed E-state index contributed by atoms with van der Waals surface area (Å²) in [6.45, 7) is 7.55. The highest BCUT2D eigenvalue weighted by Gasteiger charge is 2.45. The molecule has 0 saturated heterocycles. The second-order valence-corrected chi connectivity index (χ2v) is 6.86. The molecule has 0 aliphatic heterocycles. The van der Waals surface area contributed by atoms with Gasteiger partial charge >= 0.3 is 0 Å². The van der Waals surface area contributed by atoms with Crippen LogP contribution in [0.4, 0.5) is 0 Å². The zero-order chi connectivity index (χ0) is 13.2. The van der Waals surface area contributed by atoms with Gasteiger partial charge < -0.3 is 10.6 Å². The molecule has 0 spiro atoms. The lowest BCUT2D eigenvalue weighted by molar-refractivity contribution is -0.123. The van der Waals surface area contributed by atoms with Crippen molar-refractivity contribution in [3.05, 3.63) is 0 Å². The van der Waals surface area contributed by atoms with Crippen molar-refractivity contribution in [1.29, 1.82) is 0 Å². The van der Waals surface area contributed by atoms with Gasteiger partial charge in [-0.3, -0.25) is 4.79 Å². The van der Waals surface area contributed by atoms with Crippen LogP contribution in [-0.4, -0.2) is 24.5 Å². The topological polar surface area (TPSA) is 41.1 Å². The standard InChI is InChI=1S/C15H28N2O/c1-11(16-10-12-9-15(12,2)3)14(18)17-13-7-5-4-6-8-13/h11-13,16H,4-10H2,1-3H3,(H,17,18). The van der Waals surface area contributed by atoms with Crippen LogP contribution in [0.2, 0.25) is 0 Å². The van der Waals surface area contributed by atoms with Crippen LogP contribution in [0.5, 0.6) is 0 Å². The molecule has 0 heterocycles. The van der Waals surface area contributed by atoms with E-state index in [1.54, 1.807) is 0 Å². The third kappa shape index (κ3) is 3.71. The second kappa shape index (κ2) is 5.60. The highest BCUT2D eigenvalue weighted by Crippen LogP contribution is 2.50.